The summed E-state index contributed by atoms with van der Waals surface area (Å²) in [5, 5.41) is 22.6. The van der Waals surface area contributed by atoms with Crippen molar-refractivity contribution < 1.29 is 19.7 Å². The number of carbonyl (C=O) groups excluding carboxylic acids is 1. The van der Waals surface area contributed by atoms with Crippen LogP contribution in [0.5, 0.6) is 17.2 Å². The molecule has 4 rings (SSSR count). The van der Waals surface area contributed by atoms with Gasteiger partial charge < -0.3 is 20.3 Å². The lowest BCUT2D eigenvalue weighted by Gasteiger charge is -2.19. The number of anilines is 1. The largest absolute Gasteiger partial charge is 0.504 e. The van der Waals surface area contributed by atoms with Crippen molar-refractivity contribution in [2.24, 2.45) is 0 Å². The molecule has 1 amide bonds. The maximum absolute atomic E-state index is 13.3. The Hall–Kier alpha value is -3.47. The molecule has 0 aromatic heterocycles. The van der Waals surface area contributed by atoms with Gasteiger partial charge in [-0.2, -0.15) is 0 Å². The quantitative estimate of drug-likeness (QED) is 0.389. The third-order valence-corrected chi connectivity index (χ3v) is 6.68. The highest BCUT2D eigenvalue weighted by molar-refractivity contribution is 6.02. The van der Waals surface area contributed by atoms with E-state index in [1.54, 1.807) is 13.2 Å². The van der Waals surface area contributed by atoms with E-state index in [4.69, 9.17) is 4.74 Å². The number of amides is 1. The topological polar surface area (TPSA) is 78.8 Å². The van der Waals surface area contributed by atoms with Gasteiger partial charge in [0.25, 0.3) is 0 Å². The number of hydrogen-bond acceptors (Lipinski definition) is 4. The van der Waals surface area contributed by atoms with Crippen LogP contribution in [-0.2, 0) is 16.6 Å². The Bertz CT molecular complexity index is 1210. The third kappa shape index (κ3) is 4.28. The summed E-state index contributed by atoms with van der Waals surface area (Å²) in [5.74, 6) is 0.313. The van der Waals surface area contributed by atoms with Gasteiger partial charge in [0.05, 0.1) is 12.5 Å². The molecule has 0 radical (unpaired) electrons. The van der Waals surface area contributed by atoms with Crippen molar-refractivity contribution in [2.75, 3.05) is 12.4 Å². The highest BCUT2D eigenvalue weighted by Crippen LogP contribution is 2.50. The van der Waals surface area contributed by atoms with E-state index in [2.05, 4.69) is 38.2 Å². The predicted octanol–water partition coefficient (Wildman–Crippen LogP) is 6.01. The molecule has 5 nitrogen and oxygen atoms in total. The van der Waals surface area contributed by atoms with Gasteiger partial charge >= 0.3 is 0 Å². The van der Waals surface area contributed by atoms with Gasteiger partial charge in [0, 0.05) is 11.3 Å². The minimum atomic E-state index is -0.675. The Kier molecular flexibility index (Phi) is 6.07. The molecule has 0 bridgehead atoms. The van der Waals surface area contributed by atoms with Crippen LogP contribution in [0.4, 0.5) is 5.69 Å². The number of phenolic OH excluding ortho intramolecular Hbond substituents is 2. The Morgan fingerprint density at radius 1 is 0.970 bits per heavy atom. The number of benzene rings is 3. The summed E-state index contributed by atoms with van der Waals surface area (Å²) in [6.07, 6.45) is 3.47. The molecule has 0 aliphatic heterocycles. The van der Waals surface area contributed by atoms with Crippen LogP contribution >= 0.6 is 0 Å². The van der Waals surface area contributed by atoms with Crippen LogP contribution in [0, 0.1) is 13.8 Å². The summed E-state index contributed by atoms with van der Waals surface area (Å²) >= 11 is 0. The first-order valence-corrected chi connectivity index (χ1v) is 11.4. The second-order valence-corrected chi connectivity index (χ2v) is 9.00. The van der Waals surface area contributed by atoms with Gasteiger partial charge in [-0.1, -0.05) is 25.5 Å². The SMILES string of the molecule is CCCc1cc(-c2cc(NC(=O)C3(c4ccc(O)c(O)c4)CC3)ccc2C)c(OC)cc1C. The smallest absolute Gasteiger partial charge is 0.235 e. The molecule has 0 heterocycles. The fourth-order valence-electron chi connectivity index (χ4n) is 4.48. The lowest BCUT2D eigenvalue weighted by Crippen LogP contribution is -2.27. The highest BCUT2D eigenvalue weighted by atomic mass is 16.5. The number of rotatable bonds is 7. The van der Waals surface area contributed by atoms with E-state index >= 15 is 0 Å². The maximum Gasteiger partial charge on any atom is 0.235 e. The standard InChI is InChI=1S/C28H31NO4/c1-5-6-19-14-23(26(33-4)13-18(19)3)22-16-21(9-7-17(22)2)29-27(32)28(11-12-28)20-8-10-24(30)25(31)15-20/h7-10,13-16,30-31H,5-6,11-12H2,1-4H3,(H,29,32). The van der Waals surface area contributed by atoms with Crippen LogP contribution in [0.1, 0.15) is 48.4 Å². The van der Waals surface area contributed by atoms with Crippen molar-refractivity contribution in [3.05, 3.63) is 70.8 Å². The van der Waals surface area contributed by atoms with Crippen LogP contribution in [0.25, 0.3) is 11.1 Å². The van der Waals surface area contributed by atoms with Gasteiger partial charge in [-0.15, -0.1) is 0 Å². The second-order valence-electron chi connectivity index (χ2n) is 9.00. The van der Waals surface area contributed by atoms with E-state index in [-0.39, 0.29) is 17.4 Å². The first kappa shape index (κ1) is 22.7. The molecule has 1 fully saturated rings. The molecule has 33 heavy (non-hydrogen) atoms. The zero-order chi connectivity index (χ0) is 23.8. The van der Waals surface area contributed by atoms with E-state index < -0.39 is 5.41 Å². The fourth-order valence-corrected chi connectivity index (χ4v) is 4.48. The minimum absolute atomic E-state index is 0.107. The van der Waals surface area contributed by atoms with Crippen LogP contribution < -0.4 is 10.1 Å². The number of carbonyl (C=O) groups is 1. The zero-order valence-corrected chi connectivity index (χ0v) is 19.7. The average molecular weight is 446 g/mol. The normalized spacial score (nSPS) is 14.1. The van der Waals surface area contributed by atoms with E-state index in [1.165, 1.54) is 23.3 Å². The Balaban J connectivity index is 1.67. The van der Waals surface area contributed by atoms with Crippen molar-refractivity contribution in [1.82, 2.24) is 0 Å². The Labute approximate surface area is 195 Å². The molecule has 3 aromatic carbocycles. The van der Waals surface area contributed by atoms with Gasteiger partial charge in [0.15, 0.2) is 11.5 Å². The van der Waals surface area contributed by atoms with Gasteiger partial charge in [-0.25, -0.2) is 0 Å². The van der Waals surface area contributed by atoms with Gasteiger partial charge in [0.2, 0.25) is 5.91 Å². The van der Waals surface area contributed by atoms with E-state index in [0.717, 1.165) is 41.0 Å². The zero-order valence-electron chi connectivity index (χ0n) is 19.7. The molecule has 0 saturated heterocycles. The van der Waals surface area contributed by atoms with Crippen LogP contribution in [0.3, 0.4) is 0 Å². The Morgan fingerprint density at radius 2 is 1.73 bits per heavy atom. The maximum atomic E-state index is 13.3. The summed E-state index contributed by atoms with van der Waals surface area (Å²) in [4.78, 5) is 13.3. The molecule has 3 aromatic rings. The fraction of sp³-hybridized carbons (Fsp3) is 0.321. The summed E-state index contributed by atoms with van der Waals surface area (Å²) < 4.78 is 5.70. The van der Waals surface area contributed by atoms with Crippen LogP contribution in [-0.4, -0.2) is 23.2 Å². The predicted molar refractivity (Wildman–Crippen MR) is 131 cm³/mol. The van der Waals surface area contributed by atoms with Crippen molar-refractivity contribution in [3.8, 4) is 28.4 Å². The molecule has 172 valence electrons. The molecule has 1 aliphatic carbocycles. The number of ether oxygens (including phenoxy) is 1. The van der Waals surface area contributed by atoms with Crippen molar-refractivity contribution in [2.45, 2.75) is 51.9 Å². The van der Waals surface area contributed by atoms with E-state index in [1.807, 2.05) is 18.2 Å². The highest BCUT2D eigenvalue weighted by Gasteiger charge is 2.51. The number of hydrogen-bond donors (Lipinski definition) is 3. The number of nitrogens with one attached hydrogen (secondary N) is 1. The molecule has 0 spiro atoms. The van der Waals surface area contributed by atoms with Gasteiger partial charge in [0.1, 0.15) is 5.75 Å². The third-order valence-electron chi connectivity index (χ3n) is 6.68. The van der Waals surface area contributed by atoms with Crippen molar-refractivity contribution in [1.29, 1.82) is 0 Å². The number of methoxy groups -OCH3 is 1. The lowest BCUT2D eigenvalue weighted by atomic mass is 9.92. The van der Waals surface area contributed by atoms with Gasteiger partial charge in [-0.3, -0.25) is 4.79 Å². The van der Waals surface area contributed by atoms with E-state index in [9.17, 15) is 15.0 Å². The summed E-state index contributed by atoms with van der Waals surface area (Å²) in [6.45, 7) is 6.34. The minimum Gasteiger partial charge on any atom is -0.504 e. The number of phenols is 2. The average Bonchev–Trinajstić information content (AvgIpc) is 3.60. The lowest BCUT2D eigenvalue weighted by molar-refractivity contribution is -0.118. The molecular formula is C28H31NO4. The van der Waals surface area contributed by atoms with Gasteiger partial charge in [-0.05, 0) is 97.3 Å². The molecule has 0 atom stereocenters. The number of aromatic hydroxyl groups is 2. The molecule has 1 aliphatic rings. The van der Waals surface area contributed by atoms with E-state index in [0.29, 0.717) is 18.4 Å². The molecular weight excluding hydrogens is 414 g/mol. The first-order valence-electron chi connectivity index (χ1n) is 11.4. The van der Waals surface area contributed by atoms with Crippen molar-refractivity contribution >= 4 is 11.6 Å². The second kappa shape index (κ2) is 8.81. The van der Waals surface area contributed by atoms with Crippen LogP contribution in [0.2, 0.25) is 0 Å². The molecule has 3 N–H and O–H groups in total. The molecule has 0 unspecified atom stereocenters. The van der Waals surface area contributed by atoms with Crippen molar-refractivity contribution in [3.63, 3.8) is 0 Å². The molecule has 1 saturated carbocycles. The summed E-state index contributed by atoms with van der Waals surface area (Å²) in [5.41, 5.74) is 6.41. The first-order chi connectivity index (χ1) is 15.8. The summed E-state index contributed by atoms with van der Waals surface area (Å²) in [6, 6.07) is 14.8. The van der Waals surface area contributed by atoms with Crippen LogP contribution in [0.15, 0.2) is 48.5 Å². The number of aryl methyl sites for hydroxylation is 3. The Morgan fingerprint density at radius 3 is 2.36 bits per heavy atom. The summed E-state index contributed by atoms with van der Waals surface area (Å²) in [7, 11) is 1.68. The monoisotopic (exact) mass is 445 g/mol. The molecule has 5 heteroatoms.